The first kappa shape index (κ1) is 22.4. The van der Waals surface area contributed by atoms with Gasteiger partial charge in [-0.25, -0.2) is 4.79 Å². The number of methoxy groups -OCH3 is 2. The van der Waals surface area contributed by atoms with E-state index in [-0.39, 0.29) is 12.1 Å². The molecule has 156 valence electrons. The maximum Gasteiger partial charge on any atom is 0.340 e. The predicted molar refractivity (Wildman–Crippen MR) is 110 cm³/mol. The third-order valence-electron chi connectivity index (χ3n) is 4.18. The van der Waals surface area contributed by atoms with Gasteiger partial charge in [-0.3, -0.25) is 9.00 Å². The molecule has 7 nitrogen and oxygen atoms in total. The number of nitrogens with one attached hydrogen (secondary N) is 1. The molecule has 0 radical (unpaired) electrons. The molecule has 0 aliphatic rings. The topological polar surface area (TPSA) is 90.9 Å². The van der Waals surface area contributed by atoms with Crippen LogP contribution in [0.15, 0.2) is 47.4 Å². The van der Waals surface area contributed by atoms with E-state index in [1.54, 1.807) is 56.5 Å². The van der Waals surface area contributed by atoms with Crippen LogP contribution in [0, 0.1) is 0 Å². The Morgan fingerprint density at radius 3 is 2.41 bits per heavy atom. The molecule has 0 heterocycles. The Morgan fingerprint density at radius 1 is 1.07 bits per heavy atom. The lowest BCUT2D eigenvalue weighted by atomic mass is 10.2. The van der Waals surface area contributed by atoms with E-state index in [1.165, 1.54) is 14.0 Å². The number of hydrogen-bond donors (Lipinski definition) is 1. The Bertz CT molecular complexity index is 898. The summed E-state index contributed by atoms with van der Waals surface area (Å²) in [5.74, 6) is 0.400. The van der Waals surface area contributed by atoms with Crippen molar-refractivity contribution in [2.24, 2.45) is 0 Å². The summed E-state index contributed by atoms with van der Waals surface area (Å²) in [7, 11) is 1.77. The van der Waals surface area contributed by atoms with Crippen molar-refractivity contribution in [2.75, 3.05) is 20.0 Å². The quantitative estimate of drug-likeness (QED) is 0.629. The zero-order valence-corrected chi connectivity index (χ0v) is 17.7. The summed E-state index contributed by atoms with van der Waals surface area (Å²) in [5.41, 5.74) is 1.01. The summed E-state index contributed by atoms with van der Waals surface area (Å²) in [6.07, 6.45) is -1.01. The number of ether oxygens (including phenoxy) is 3. The van der Waals surface area contributed by atoms with Crippen molar-refractivity contribution >= 4 is 22.7 Å². The van der Waals surface area contributed by atoms with Gasteiger partial charge < -0.3 is 19.5 Å². The van der Waals surface area contributed by atoms with Crippen molar-refractivity contribution in [1.82, 2.24) is 5.32 Å². The second-order valence-electron chi connectivity index (χ2n) is 6.09. The van der Waals surface area contributed by atoms with Crippen molar-refractivity contribution < 1.29 is 28.0 Å². The first-order valence-corrected chi connectivity index (χ1v) is 10.4. The molecule has 2 aromatic carbocycles. The second kappa shape index (κ2) is 10.6. The minimum Gasteiger partial charge on any atom is -0.493 e. The number of benzene rings is 2. The molecular formula is C21H25NO6S. The summed E-state index contributed by atoms with van der Waals surface area (Å²) in [6.45, 7) is 3.49. The highest BCUT2D eigenvalue weighted by molar-refractivity contribution is 7.85. The van der Waals surface area contributed by atoms with Crippen molar-refractivity contribution in [3.63, 3.8) is 0 Å². The van der Waals surface area contributed by atoms with Crippen LogP contribution in [0.5, 0.6) is 11.5 Å². The van der Waals surface area contributed by atoms with E-state index < -0.39 is 28.8 Å². The van der Waals surface area contributed by atoms with Crippen LogP contribution in [0.2, 0.25) is 0 Å². The number of carbonyl (C=O) groups excluding carboxylic acids is 2. The summed E-state index contributed by atoms with van der Waals surface area (Å²) < 4.78 is 27.8. The van der Waals surface area contributed by atoms with Gasteiger partial charge in [-0.2, -0.15) is 0 Å². The second-order valence-corrected chi connectivity index (χ2v) is 7.79. The maximum absolute atomic E-state index is 12.5. The molecular weight excluding hydrogens is 394 g/mol. The molecule has 1 N–H and O–H groups in total. The third-order valence-corrected chi connectivity index (χ3v) is 5.55. The number of amides is 1. The van der Waals surface area contributed by atoms with Crippen molar-refractivity contribution in [3.8, 4) is 11.5 Å². The summed E-state index contributed by atoms with van der Waals surface area (Å²) >= 11 is 0. The summed E-state index contributed by atoms with van der Waals surface area (Å²) in [5, 5.41) is 2.72. The van der Waals surface area contributed by atoms with Gasteiger partial charge in [-0.05, 0) is 36.8 Å². The Kier molecular flexibility index (Phi) is 8.21. The molecule has 0 fully saturated rings. The Hall–Kier alpha value is -2.87. The van der Waals surface area contributed by atoms with E-state index >= 15 is 0 Å². The first-order chi connectivity index (χ1) is 13.9. The molecule has 0 aromatic heterocycles. The molecule has 8 heteroatoms. The van der Waals surface area contributed by atoms with Gasteiger partial charge in [-0.15, -0.1) is 0 Å². The Labute approximate surface area is 172 Å². The van der Waals surface area contributed by atoms with Gasteiger partial charge in [-0.1, -0.05) is 25.1 Å². The van der Waals surface area contributed by atoms with Crippen LogP contribution in [0.1, 0.15) is 29.8 Å². The average molecular weight is 419 g/mol. The lowest BCUT2D eigenvalue weighted by molar-refractivity contribution is -0.129. The average Bonchev–Trinajstić information content (AvgIpc) is 2.76. The lowest BCUT2D eigenvalue weighted by Gasteiger charge is -2.15. The fourth-order valence-corrected chi connectivity index (χ4v) is 3.53. The lowest BCUT2D eigenvalue weighted by Crippen LogP contribution is -2.35. The van der Waals surface area contributed by atoms with Crippen molar-refractivity contribution in [1.29, 1.82) is 0 Å². The van der Waals surface area contributed by atoms with E-state index in [0.29, 0.717) is 22.1 Å². The van der Waals surface area contributed by atoms with E-state index in [4.69, 9.17) is 14.2 Å². The molecule has 0 saturated heterocycles. The van der Waals surface area contributed by atoms with Crippen molar-refractivity contribution in [3.05, 3.63) is 53.6 Å². The van der Waals surface area contributed by atoms with E-state index in [2.05, 4.69) is 5.32 Å². The standard InChI is InChI=1S/C21H25NO6S/c1-5-29(25)19-9-7-6-8-16(19)21(24)28-14(2)20(23)22-13-15-10-11-17(26-3)18(12-15)27-4/h6-12,14H,5,13H2,1-4H3,(H,22,23)/t14-,29-/m0/s1. The van der Waals surface area contributed by atoms with Crippen LogP contribution in [-0.4, -0.2) is 42.2 Å². The molecule has 0 bridgehead atoms. The molecule has 29 heavy (non-hydrogen) atoms. The highest BCUT2D eigenvalue weighted by Crippen LogP contribution is 2.27. The SMILES string of the molecule is CC[S@](=O)c1ccccc1C(=O)O[C@@H](C)C(=O)NCc1ccc(OC)c(OC)c1. The van der Waals surface area contributed by atoms with Gasteiger partial charge in [0, 0.05) is 12.3 Å². The minimum atomic E-state index is -1.31. The molecule has 2 rings (SSSR count). The number of rotatable bonds is 9. The number of hydrogen-bond acceptors (Lipinski definition) is 6. The van der Waals surface area contributed by atoms with Gasteiger partial charge in [0.1, 0.15) is 0 Å². The monoisotopic (exact) mass is 419 g/mol. The highest BCUT2D eigenvalue weighted by Gasteiger charge is 2.22. The highest BCUT2D eigenvalue weighted by atomic mass is 32.2. The van der Waals surface area contributed by atoms with Crippen LogP contribution in [0.3, 0.4) is 0 Å². The first-order valence-electron chi connectivity index (χ1n) is 9.08. The zero-order chi connectivity index (χ0) is 21.4. The van der Waals surface area contributed by atoms with Crippen LogP contribution in [0.25, 0.3) is 0 Å². The summed E-state index contributed by atoms with van der Waals surface area (Å²) in [4.78, 5) is 25.2. The van der Waals surface area contributed by atoms with Crippen molar-refractivity contribution in [2.45, 2.75) is 31.4 Å². The maximum atomic E-state index is 12.5. The van der Waals surface area contributed by atoms with Gasteiger partial charge >= 0.3 is 5.97 Å². The molecule has 0 aliphatic carbocycles. The van der Waals surface area contributed by atoms with Crippen LogP contribution in [-0.2, 0) is 26.9 Å². The fraction of sp³-hybridized carbons (Fsp3) is 0.333. The van der Waals surface area contributed by atoms with Gasteiger partial charge in [0.05, 0.1) is 35.5 Å². The van der Waals surface area contributed by atoms with Crippen LogP contribution >= 0.6 is 0 Å². The molecule has 1 amide bonds. The molecule has 2 atom stereocenters. The van der Waals surface area contributed by atoms with E-state index in [0.717, 1.165) is 5.56 Å². The summed E-state index contributed by atoms with van der Waals surface area (Å²) in [6, 6.07) is 11.8. The normalized spacial score (nSPS) is 12.6. The van der Waals surface area contributed by atoms with Gasteiger partial charge in [0.2, 0.25) is 0 Å². The van der Waals surface area contributed by atoms with Crippen LogP contribution in [0.4, 0.5) is 0 Å². The Balaban J connectivity index is 1.99. The van der Waals surface area contributed by atoms with E-state index in [9.17, 15) is 13.8 Å². The Morgan fingerprint density at radius 2 is 1.76 bits per heavy atom. The number of carbonyl (C=O) groups is 2. The molecule has 0 aliphatic heterocycles. The van der Waals surface area contributed by atoms with Gasteiger partial charge in [0.25, 0.3) is 5.91 Å². The largest absolute Gasteiger partial charge is 0.493 e. The molecule has 0 saturated carbocycles. The number of esters is 1. The van der Waals surface area contributed by atoms with E-state index in [1.807, 2.05) is 0 Å². The predicted octanol–water partition coefficient (Wildman–Crippen LogP) is 2.69. The van der Waals surface area contributed by atoms with Crippen LogP contribution < -0.4 is 14.8 Å². The molecule has 0 unspecified atom stereocenters. The van der Waals surface area contributed by atoms with Gasteiger partial charge in [0.15, 0.2) is 17.6 Å². The molecule has 0 spiro atoms. The fourth-order valence-electron chi connectivity index (χ4n) is 2.59. The minimum absolute atomic E-state index is 0.201. The smallest absolute Gasteiger partial charge is 0.340 e. The zero-order valence-electron chi connectivity index (χ0n) is 16.9. The third kappa shape index (κ3) is 5.80. The molecule has 2 aromatic rings.